The van der Waals surface area contributed by atoms with Gasteiger partial charge in [0.25, 0.3) is 11.1 Å². The largest absolute Gasteiger partial charge is 0.268 e. The molecule has 0 atom stereocenters. The lowest BCUT2D eigenvalue weighted by atomic mass is 9.96. The lowest BCUT2D eigenvalue weighted by Gasteiger charge is -2.12. The van der Waals surface area contributed by atoms with Gasteiger partial charge in [-0.3, -0.25) is 18.4 Å². The van der Waals surface area contributed by atoms with Gasteiger partial charge in [0, 0.05) is 32.3 Å². The van der Waals surface area contributed by atoms with Crippen molar-refractivity contribution in [1.29, 1.82) is 21.0 Å². The van der Waals surface area contributed by atoms with E-state index in [1.807, 2.05) is 36.4 Å². The van der Waals surface area contributed by atoms with Gasteiger partial charge in [-0.05, 0) is 48.5 Å². The van der Waals surface area contributed by atoms with Gasteiger partial charge in [0.2, 0.25) is 0 Å². The standard InChI is InChI=1S/C30H8N8O2/c31-9-13-5-21-23(7-15(13)11-33)37-27(35-21)17-1-2-18-26-20(4-3-19(25(17)26)29(37)39)30(40)38-24-8-16(12-34)14(10-32)6-22(24)36-28(18)38/h1-8H. The molecule has 0 aliphatic heterocycles. The molecule has 0 radical (unpaired) electrons. The van der Waals surface area contributed by atoms with Crippen molar-refractivity contribution in [3.05, 3.63) is 91.5 Å². The second-order valence-electron chi connectivity index (χ2n) is 9.44. The molecule has 180 valence electrons. The van der Waals surface area contributed by atoms with Gasteiger partial charge in [0.1, 0.15) is 35.6 Å². The molecule has 4 aromatic carbocycles. The van der Waals surface area contributed by atoms with E-state index in [9.17, 15) is 30.6 Å². The molecule has 40 heavy (non-hydrogen) atoms. The van der Waals surface area contributed by atoms with Crippen LogP contribution in [0.1, 0.15) is 22.3 Å². The topological polar surface area (TPSA) is 164 Å². The summed E-state index contributed by atoms with van der Waals surface area (Å²) >= 11 is 0. The summed E-state index contributed by atoms with van der Waals surface area (Å²) in [6, 6.07) is 20.8. The van der Waals surface area contributed by atoms with Crippen LogP contribution in [0.15, 0.2) is 58.1 Å². The van der Waals surface area contributed by atoms with Gasteiger partial charge in [-0.1, -0.05) is 0 Å². The second kappa shape index (κ2) is 7.02. The molecule has 8 aromatic rings. The molecule has 4 heterocycles. The maximum atomic E-state index is 13.9. The van der Waals surface area contributed by atoms with Crippen LogP contribution in [-0.4, -0.2) is 18.8 Å². The summed E-state index contributed by atoms with van der Waals surface area (Å²) in [7, 11) is 0. The summed E-state index contributed by atoms with van der Waals surface area (Å²) in [4.78, 5) is 37.1. The highest BCUT2D eigenvalue weighted by Gasteiger charge is 2.23. The van der Waals surface area contributed by atoms with E-state index < -0.39 is 0 Å². The van der Waals surface area contributed by atoms with Crippen molar-refractivity contribution >= 4 is 65.7 Å². The van der Waals surface area contributed by atoms with Crippen LogP contribution in [0, 0.1) is 45.3 Å². The van der Waals surface area contributed by atoms with E-state index in [4.69, 9.17) is 0 Å². The van der Waals surface area contributed by atoms with Gasteiger partial charge in [-0.2, -0.15) is 21.0 Å². The molecular weight excluding hydrogens is 504 g/mol. The molecule has 0 spiro atoms. The molecule has 0 aliphatic rings. The Morgan fingerprint density at radius 2 is 0.875 bits per heavy atom. The van der Waals surface area contributed by atoms with Crippen molar-refractivity contribution in [3.8, 4) is 24.3 Å². The third-order valence-corrected chi connectivity index (χ3v) is 7.58. The number of nitriles is 4. The number of fused-ring (bicyclic) bond motifs is 8. The first-order valence-corrected chi connectivity index (χ1v) is 11.9. The third-order valence-electron chi connectivity index (χ3n) is 7.58. The molecule has 0 saturated carbocycles. The Kier molecular flexibility index (Phi) is 3.77. The van der Waals surface area contributed by atoms with E-state index in [2.05, 4.69) is 9.97 Å². The number of hydrogen-bond acceptors (Lipinski definition) is 8. The van der Waals surface area contributed by atoms with E-state index in [1.54, 1.807) is 12.1 Å². The average Bonchev–Trinajstić information content (AvgIpc) is 3.55. The van der Waals surface area contributed by atoms with Crippen LogP contribution in [0.4, 0.5) is 0 Å². The van der Waals surface area contributed by atoms with Gasteiger partial charge in [0.05, 0.1) is 44.3 Å². The van der Waals surface area contributed by atoms with Crippen LogP contribution >= 0.6 is 0 Å². The molecule has 10 nitrogen and oxygen atoms in total. The fourth-order valence-electron chi connectivity index (χ4n) is 5.86. The summed E-state index contributed by atoms with van der Waals surface area (Å²) in [6.45, 7) is 0. The van der Waals surface area contributed by atoms with E-state index in [-0.39, 0.29) is 33.4 Å². The number of hydrogen-bond donors (Lipinski definition) is 0. The molecule has 0 unspecified atom stereocenters. The zero-order valence-corrected chi connectivity index (χ0v) is 20.0. The Morgan fingerprint density at radius 1 is 0.525 bits per heavy atom. The molecule has 0 aliphatic carbocycles. The zero-order chi connectivity index (χ0) is 27.4. The van der Waals surface area contributed by atoms with Gasteiger partial charge in [-0.25, -0.2) is 9.97 Å². The average molecular weight is 512 g/mol. The van der Waals surface area contributed by atoms with Crippen LogP contribution in [0.5, 0.6) is 0 Å². The number of imidazole rings is 2. The minimum atomic E-state index is -0.369. The SMILES string of the molecule is N#Cc1cc2nc3c4ccc5c6c(ccc(c(=O)n3c2cc1C#N)c46)c(=O)n1c2cc(C#N)c(C#N)cc2nc51. The first-order valence-electron chi connectivity index (χ1n) is 11.9. The second-order valence-corrected chi connectivity index (χ2v) is 9.44. The Bertz CT molecular complexity index is 2600. The zero-order valence-electron chi connectivity index (χ0n) is 20.0. The summed E-state index contributed by atoms with van der Waals surface area (Å²) < 4.78 is 2.87. The Morgan fingerprint density at radius 3 is 1.25 bits per heavy atom. The van der Waals surface area contributed by atoms with E-state index in [0.29, 0.717) is 65.7 Å². The first kappa shape index (κ1) is 21.5. The minimum Gasteiger partial charge on any atom is -0.268 e. The predicted molar refractivity (Wildman–Crippen MR) is 145 cm³/mol. The van der Waals surface area contributed by atoms with Crippen molar-refractivity contribution in [2.75, 3.05) is 0 Å². The number of aromatic nitrogens is 4. The highest BCUT2D eigenvalue weighted by atomic mass is 16.1. The fraction of sp³-hybridized carbons (Fsp3) is 0. The number of rotatable bonds is 0. The van der Waals surface area contributed by atoms with Gasteiger partial charge in [-0.15, -0.1) is 0 Å². The summed E-state index contributed by atoms with van der Waals surface area (Å²) in [5.74, 6) is 0. The van der Waals surface area contributed by atoms with Crippen molar-refractivity contribution in [3.63, 3.8) is 0 Å². The monoisotopic (exact) mass is 512 g/mol. The highest BCUT2D eigenvalue weighted by molar-refractivity contribution is 6.27. The Balaban J connectivity index is 1.61. The number of pyridine rings is 2. The van der Waals surface area contributed by atoms with E-state index in [1.165, 1.54) is 33.1 Å². The highest BCUT2D eigenvalue weighted by Crippen LogP contribution is 2.37. The maximum absolute atomic E-state index is 13.9. The van der Waals surface area contributed by atoms with Crippen molar-refractivity contribution < 1.29 is 0 Å². The lowest BCUT2D eigenvalue weighted by Crippen LogP contribution is -2.16. The minimum absolute atomic E-state index is 0.144. The molecule has 10 heteroatoms. The van der Waals surface area contributed by atoms with Gasteiger partial charge >= 0.3 is 0 Å². The first-order chi connectivity index (χ1) is 19.5. The number of nitrogens with zero attached hydrogens (tertiary/aromatic N) is 8. The van der Waals surface area contributed by atoms with Gasteiger partial charge in [0.15, 0.2) is 0 Å². The summed E-state index contributed by atoms with van der Waals surface area (Å²) in [5.41, 5.74) is 2.19. The fourth-order valence-corrected chi connectivity index (χ4v) is 5.86. The van der Waals surface area contributed by atoms with E-state index >= 15 is 0 Å². The number of benzene rings is 4. The molecule has 8 rings (SSSR count). The van der Waals surface area contributed by atoms with E-state index in [0.717, 1.165) is 0 Å². The smallest absolute Gasteiger partial charge is 0.264 e. The summed E-state index contributed by atoms with van der Waals surface area (Å²) in [6.07, 6.45) is 0. The molecule has 4 aromatic heterocycles. The Hall–Kier alpha value is -6.62. The van der Waals surface area contributed by atoms with Crippen molar-refractivity contribution in [2.24, 2.45) is 0 Å². The molecule has 0 saturated heterocycles. The maximum Gasteiger partial charge on any atom is 0.264 e. The van der Waals surface area contributed by atoms with Crippen molar-refractivity contribution in [2.45, 2.75) is 0 Å². The predicted octanol–water partition coefficient (Wildman–Crippen LogP) is 3.83. The lowest BCUT2D eigenvalue weighted by molar-refractivity contribution is 1.18. The third kappa shape index (κ3) is 2.33. The van der Waals surface area contributed by atoms with Crippen molar-refractivity contribution in [1.82, 2.24) is 18.8 Å². The molecule has 0 bridgehead atoms. The van der Waals surface area contributed by atoms with Crippen LogP contribution in [0.2, 0.25) is 0 Å². The quantitative estimate of drug-likeness (QED) is 0.277. The molecule has 0 N–H and O–H groups in total. The molecular formula is C30H8N8O2. The van der Waals surface area contributed by atoms with Crippen LogP contribution in [0.25, 0.3) is 65.7 Å². The molecule has 0 amide bonds. The van der Waals surface area contributed by atoms with Crippen LogP contribution < -0.4 is 11.1 Å². The molecule has 0 fully saturated rings. The van der Waals surface area contributed by atoms with Crippen LogP contribution in [-0.2, 0) is 0 Å². The normalized spacial score (nSPS) is 11.6. The summed E-state index contributed by atoms with van der Waals surface area (Å²) in [5, 5.41) is 41.1. The van der Waals surface area contributed by atoms with Crippen LogP contribution in [0.3, 0.4) is 0 Å². The van der Waals surface area contributed by atoms with Gasteiger partial charge < -0.3 is 0 Å². The Labute approximate surface area is 221 Å².